The molecule has 4 rings (SSSR count). The first-order chi connectivity index (χ1) is 18.8. The number of aromatic nitrogens is 2. The van der Waals surface area contributed by atoms with Crippen molar-refractivity contribution in [2.24, 2.45) is 10.7 Å². The Bertz CT molecular complexity index is 1360. The third kappa shape index (κ3) is 6.63. The van der Waals surface area contributed by atoms with E-state index in [1.165, 1.54) is 18.5 Å². The van der Waals surface area contributed by atoms with E-state index >= 15 is 4.39 Å². The van der Waals surface area contributed by atoms with Crippen molar-refractivity contribution in [3.05, 3.63) is 70.5 Å². The first-order valence-corrected chi connectivity index (χ1v) is 13.1. The summed E-state index contributed by atoms with van der Waals surface area (Å²) < 4.78 is 53.6. The number of halogens is 3. The lowest BCUT2D eigenvalue weighted by Crippen LogP contribution is -2.44. The van der Waals surface area contributed by atoms with E-state index in [9.17, 15) is 8.78 Å². The van der Waals surface area contributed by atoms with Gasteiger partial charge in [-0.05, 0) is 43.6 Å². The van der Waals surface area contributed by atoms with Gasteiger partial charge in [0.25, 0.3) is 6.43 Å². The summed E-state index contributed by atoms with van der Waals surface area (Å²) in [5, 5.41) is 0. The number of alkyl halides is 2. The molecule has 1 fully saturated rings. The van der Waals surface area contributed by atoms with E-state index < -0.39 is 23.7 Å². The molecular weight excluding hydrogens is 527 g/mol. The standard InChI is InChI=1S/C27H30F3N7OS/c1-17-7-4-5-8-19(17)24-22(25(29)30)26(34-27(33-24)35-39-18(15-31)16-32-2)38-21-10-6-9-20(23(21)28)37-13-11-36(3)12-14-37/h4-10,15-16,25H,11-14,31H2,1-3H3,(H,33,34,35). The molecule has 0 radical (unpaired) electrons. The van der Waals surface area contributed by atoms with Gasteiger partial charge in [-0.15, -0.1) is 0 Å². The Labute approximate surface area is 229 Å². The summed E-state index contributed by atoms with van der Waals surface area (Å²) in [4.78, 5) is 17.1. The molecule has 0 aliphatic carbocycles. The van der Waals surface area contributed by atoms with Crippen LogP contribution in [0, 0.1) is 12.7 Å². The summed E-state index contributed by atoms with van der Waals surface area (Å²) in [6.07, 6.45) is -0.145. The number of nitrogens with zero attached hydrogens (tertiary/aromatic N) is 5. The maximum absolute atomic E-state index is 15.7. The second-order valence-corrected chi connectivity index (χ2v) is 9.75. The number of likely N-dealkylation sites (N-methyl/N-ethyl adjacent to an activating group) is 1. The lowest BCUT2D eigenvalue weighted by molar-refractivity contribution is 0.147. The first kappa shape index (κ1) is 28.2. The average Bonchev–Trinajstić information content (AvgIpc) is 2.92. The largest absolute Gasteiger partial charge is 0.435 e. The van der Waals surface area contributed by atoms with Crippen molar-refractivity contribution in [1.29, 1.82) is 0 Å². The van der Waals surface area contributed by atoms with Gasteiger partial charge in [0, 0.05) is 51.2 Å². The van der Waals surface area contributed by atoms with Gasteiger partial charge in [-0.2, -0.15) is 4.98 Å². The molecule has 0 spiro atoms. The monoisotopic (exact) mass is 557 g/mol. The number of nitrogens with one attached hydrogen (secondary N) is 1. The van der Waals surface area contributed by atoms with E-state index in [0.29, 0.717) is 29.2 Å². The lowest BCUT2D eigenvalue weighted by Gasteiger charge is -2.34. The highest BCUT2D eigenvalue weighted by Gasteiger charge is 2.28. The van der Waals surface area contributed by atoms with Crippen molar-refractivity contribution in [2.75, 3.05) is 49.9 Å². The molecule has 0 bridgehead atoms. The van der Waals surface area contributed by atoms with E-state index in [2.05, 4.69) is 24.6 Å². The predicted molar refractivity (Wildman–Crippen MR) is 151 cm³/mol. The number of hydrogen-bond acceptors (Lipinski definition) is 9. The SMILES string of the molecule is CN=CC(=CN)SNc1nc(Oc2cccc(N3CCN(C)CC3)c2F)c(C(F)F)c(-c2ccccc2C)n1. The smallest absolute Gasteiger partial charge is 0.271 e. The molecule has 1 saturated heterocycles. The highest BCUT2D eigenvalue weighted by molar-refractivity contribution is 8.05. The number of aliphatic imine (C=N–C) groups is 1. The van der Waals surface area contributed by atoms with Crippen LogP contribution in [-0.2, 0) is 0 Å². The summed E-state index contributed by atoms with van der Waals surface area (Å²) in [6, 6.07) is 11.7. The van der Waals surface area contributed by atoms with Crippen molar-refractivity contribution in [3.63, 3.8) is 0 Å². The molecule has 0 atom stereocenters. The molecular formula is C27H30F3N7OS. The van der Waals surface area contributed by atoms with Crippen LogP contribution in [0.3, 0.4) is 0 Å². The minimum atomic E-state index is -2.99. The van der Waals surface area contributed by atoms with Crippen LogP contribution in [0.15, 0.2) is 58.6 Å². The van der Waals surface area contributed by atoms with Crippen molar-refractivity contribution in [2.45, 2.75) is 13.3 Å². The van der Waals surface area contributed by atoms with Crippen LogP contribution in [0.25, 0.3) is 11.3 Å². The van der Waals surface area contributed by atoms with Gasteiger partial charge in [0.1, 0.15) is 5.56 Å². The Morgan fingerprint density at radius 2 is 1.87 bits per heavy atom. The van der Waals surface area contributed by atoms with Crippen LogP contribution in [0.1, 0.15) is 17.6 Å². The quantitative estimate of drug-likeness (QED) is 0.258. The fourth-order valence-corrected chi connectivity index (χ4v) is 4.65. The van der Waals surface area contributed by atoms with Gasteiger partial charge >= 0.3 is 0 Å². The molecule has 2 heterocycles. The van der Waals surface area contributed by atoms with Gasteiger partial charge in [-0.3, -0.25) is 9.71 Å². The van der Waals surface area contributed by atoms with Gasteiger partial charge in [0.2, 0.25) is 11.8 Å². The van der Waals surface area contributed by atoms with Gasteiger partial charge in [0.15, 0.2) is 11.6 Å². The Morgan fingerprint density at radius 1 is 1.13 bits per heavy atom. The van der Waals surface area contributed by atoms with Gasteiger partial charge in [0.05, 0.1) is 16.3 Å². The minimum Gasteiger partial charge on any atom is -0.435 e. The van der Waals surface area contributed by atoms with Gasteiger partial charge in [-0.1, -0.05) is 30.3 Å². The van der Waals surface area contributed by atoms with Crippen LogP contribution in [0.2, 0.25) is 0 Å². The molecule has 8 nitrogen and oxygen atoms in total. The van der Waals surface area contributed by atoms with Crippen molar-refractivity contribution in [3.8, 4) is 22.9 Å². The molecule has 206 valence electrons. The number of allylic oxidation sites excluding steroid dienone is 1. The highest BCUT2D eigenvalue weighted by atomic mass is 32.2. The Kier molecular flexibility index (Phi) is 9.31. The number of ether oxygens (including phenoxy) is 1. The zero-order valence-corrected chi connectivity index (χ0v) is 22.7. The average molecular weight is 558 g/mol. The molecule has 1 aliphatic heterocycles. The van der Waals surface area contributed by atoms with Crippen molar-refractivity contribution in [1.82, 2.24) is 14.9 Å². The molecule has 1 aliphatic rings. The maximum Gasteiger partial charge on any atom is 0.271 e. The lowest BCUT2D eigenvalue weighted by atomic mass is 10.0. The first-order valence-electron chi connectivity index (χ1n) is 12.2. The fourth-order valence-electron chi connectivity index (χ4n) is 4.12. The number of rotatable bonds is 9. The van der Waals surface area contributed by atoms with E-state index in [1.807, 2.05) is 11.9 Å². The van der Waals surface area contributed by atoms with Crippen molar-refractivity contribution >= 4 is 29.8 Å². The number of aryl methyl sites for hydroxylation is 1. The van der Waals surface area contributed by atoms with Crippen molar-refractivity contribution < 1.29 is 17.9 Å². The predicted octanol–water partition coefficient (Wildman–Crippen LogP) is 5.63. The second-order valence-electron chi connectivity index (χ2n) is 8.87. The number of hydrogen-bond donors (Lipinski definition) is 2. The summed E-state index contributed by atoms with van der Waals surface area (Å²) in [5.74, 6) is -1.31. The van der Waals surface area contributed by atoms with E-state index in [-0.39, 0.29) is 17.4 Å². The molecule has 1 aromatic heterocycles. The van der Waals surface area contributed by atoms with E-state index in [4.69, 9.17) is 10.5 Å². The molecule has 3 N–H and O–H groups in total. The van der Waals surface area contributed by atoms with E-state index in [1.54, 1.807) is 50.4 Å². The number of benzene rings is 2. The Morgan fingerprint density at radius 3 is 2.54 bits per heavy atom. The van der Waals surface area contributed by atoms with Crippen LogP contribution in [0.5, 0.6) is 11.6 Å². The zero-order valence-electron chi connectivity index (χ0n) is 21.9. The Hall–Kier alpha value is -3.77. The molecule has 2 aromatic carbocycles. The molecule has 0 amide bonds. The molecule has 0 saturated carbocycles. The van der Waals surface area contributed by atoms with Crippen LogP contribution in [0.4, 0.5) is 24.8 Å². The third-order valence-electron chi connectivity index (χ3n) is 6.20. The molecule has 0 unspecified atom stereocenters. The topological polar surface area (TPSA) is 91.9 Å². The highest BCUT2D eigenvalue weighted by Crippen LogP contribution is 2.41. The molecule has 3 aromatic rings. The Balaban J connectivity index is 1.79. The summed E-state index contributed by atoms with van der Waals surface area (Å²) in [6.45, 7) is 4.61. The number of nitrogens with two attached hydrogens (primary N) is 1. The zero-order chi connectivity index (χ0) is 27.9. The van der Waals surface area contributed by atoms with Crippen LogP contribution >= 0.6 is 11.9 Å². The van der Waals surface area contributed by atoms with Gasteiger partial charge in [-0.25, -0.2) is 18.2 Å². The fraction of sp³-hybridized carbons (Fsp3) is 0.296. The second kappa shape index (κ2) is 12.9. The van der Waals surface area contributed by atoms with Crippen LogP contribution < -0.4 is 20.1 Å². The van der Waals surface area contributed by atoms with E-state index in [0.717, 1.165) is 30.6 Å². The molecule has 12 heteroatoms. The maximum atomic E-state index is 15.7. The summed E-state index contributed by atoms with van der Waals surface area (Å²) in [5.41, 5.74) is 6.63. The summed E-state index contributed by atoms with van der Waals surface area (Å²) in [7, 11) is 3.59. The number of anilines is 2. The normalized spacial score (nSPS) is 14.8. The minimum absolute atomic E-state index is 0.0165. The number of piperazine rings is 1. The molecule has 39 heavy (non-hydrogen) atoms. The summed E-state index contributed by atoms with van der Waals surface area (Å²) >= 11 is 1.05. The van der Waals surface area contributed by atoms with Gasteiger partial charge < -0.3 is 20.3 Å². The third-order valence-corrected chi connectivity index (χ3v) is 6.97. The van der Waals surface area contributed by atoms with Crippen LogP contribution in [-0.4, -0.2) is 61.4 Å².